The Kier molecular flexibility index (Phi) is 3.46. The zero-order valence-corrected chi connectivity index (χ0v) is 10.8. The van der Waals surface area contributed by atoms with Crippen LogP contribution in [-0.4, -0.2) is 19.0 Å². The van der Waals surface area contributed by atoms with Gasteiger partial charge in [0.05, 0.1) is 6.61 Å². The third kappa shape index (κ3) is 2.35. The molecule has 96 valence electrons. The summed E-state index contributed by atoms with van der Waals surface area (Å²) < 4.78 is 5.42. The summed E-state index contributed by atoms with van der Waals surface area (Å²) in [5.74, 6) is 0.364. The van der Waals surface area contributed by atoms with Gasteiger partial charge in [0.2, 0.25) is 0 Å². The van der Waals surface area contributed by atoms with Crippen molar-refractivity contribution in [2.45, 2.75) is 38.5 Å². The molecule has 3 rings (SSSR count). The Bertz CT molecular complexity index is 444. The number of hydrogen-bond donors (Lipinski definition) is 0. The molecule has 1 aromatic rings. The first-order chi connectivity index (χ1) is 8.84. The first kappa shape index (κ1) is 11.9. The van der Waals surface area contributed by atoms with Crippen molar-refractivity contribution in [1.82, 2.24) is 0 Å². The molecule has 0 N–H and O–H groups in total. The Balaban J connectivity index is 1.80. The average molecular weight is 244 g/mol. The van der Waals surface area contributed by atoms with Gasteiger partial charge in [-0.1, -0.05) is 12.1 Å². The van der Waals surface area contributed by atoms with Gasteiger partial charge < -0.3 is 4.74 Å². The van der Waals surface area contributed by atoms with Crippen molar-refractivity contribution in [2.75, 3.05) is 13.2 Å². The monoisotopic (exact) mass is 244 g/mol. The Morgan fingerprint density at radius 1 is 1.11 bits per heavy atom. The molecule has 1 atom stereocenters. The molecule has 0 spiro atoms. The van der Waals surface area contributed by atoms with Gasteiger partial charge in [0.1, 0.15) is 0 Å². The maximum atomic E-state index is 12.4. The van der Waals surface area contributed by atoms with E-state index in [1.54, 1.807) is 0 Å². The van der Waals surface area contributed by atoms with Crippen molar-refractivity contribution < 1.29 is 9.53 Å². The van der Waals surface area contributed by atoms with Gasteiger partial charge in [0, 0.05) is 18.1 Å². The van der Waals surface area contributed by atoms with E-state index in [-0.39, 0.29) is 11.7 Å². The van der Waals surface area contributed by atoms with Gasteiger partial charge in [-0.2, -0.15) is 0 Å². The highest BCUT2D eigenvalue weighted by atomic mass is 16.5. The Morgan fingerprint density at radius 2 is 1.94 bits per heavy atom. The predicted octanol–water partition coefficient (Wildman–Crippen LogP) is 3.17. The molecule has 1 fully saturated rings. The molecule has 1 saturated heterocycles. The molecular weight excluding hydrogens is 224 g/mol. The van der Waals surface area contributed by atoms with Crippen LogP contribution >= 0.6 is 0 Å². The number of carbonyl (C=O) groups is 1. The van der Waals surface area contributed by atoms with E-state index in [4.69, 9.17) is 4.74 Å². The molecule has 18 heavy (non-hydrogen) atoms. The van der Waals surface area contributed by atoms with Gasteiger partial charge in [0.25, 0.3) is 0 Å². The van der Waals surface area contributed by atoms with E-state index in [9.17, 15) is 4.79 Å². The van der Waals surface area contributed by atoms with Crippen LogP contribution in [-0.2, 0) is 17.6 Å². The van der Waals surface area contributed by atoms with Crippen LogP contribution in [0.25, 0.3) is 0 Å². The average Bonchev–Trinajstić information content (AvgIpc) is 2.47. The van der Waals surface area contributed by atoms with Crippen LogP contribution in [0.15, 0.2) is 18.2 Å². The summed E-state index contributed by atoms with van der Waals surface area (Å²) in [6.45, 7) is 1.42. The molecule has 0 radical (unpaired) electrons. The fourth-order valence-corrected chi connectivity index (χ4v) is 3.07. The topological polar surface area (TPSA) is 26.3 Å². The molecule has 2 aliphatic rings. The number of ether oxygens (including phenoxy) is 1. The third-order valence-electron chi connectivity index (χ3n) is 4.16. The Labute approximate surface area is 108 Å². The van der Waals surface area contributed by atoms with Gasteiger partial charge in [-0.05, 0) is 55.7 Å². The third-order valence-corrected chi connectivity index (χ3v) is 4.16. The Morgan fingerprint density at radius 3 is 2.72 bits per heavy atom. The lowest BCUT2D eigenvalue weighted by Gasteiger charge is -2.22. The van der Waals surface area contributed by atoms with E-state index < -0.39 is 0 Å². The molecule has 0 aromatic heterocycles. The summed E-state index contributed by atoms with van der Waals surface area (Å²) in [5.41, 5.74) is 3.73. The van der Waals surface area contributed by atoms with Gasteiger partial charge in [-0.25, -0.2) is 0 Å². The number of carbonyl (C=O) groups excluding carboxylic acids is 1. The van der Waals surface area contributed by atoms with Crippen LogP contribution < -0.4 is 0 Å². The van der Waals surface area contributed by atoms with E-state index in [0.717, 1.165) is 31.4 Å². The van der Waals surface area contributed by atoms with Crippen molar-refractivity contribution in [3.63, 3.8) is 0 Å². The number of aryl methyl sites for hydroxylation is 2. The summed E-state index contributed by atoms with van der Waals surface area (Å²) in [5, 5.41) is 0. The van der Waals surface area contributed by atoms with Crippen LogP contribution in [0.3, 0.4) is 0 Å². The van der Waals surface area contributed by atoms with Gasteiger partial charge in [-0.15, -0.1) is 0 Å². The second kappa shape index (κ2) is 5.23. The summed E-state index contributed by atoms with van der Waals surface area (Å²) >= 11 is 0. The molecule has 1 aromatic carbocycles. The van der Waals surface area contributed by atoms with Crippen LogP contribution in [0.1, 0.15) is 47.2 Å². The highest BCUT2D eigenvalue weighted by molar-refractivity contribution is 5.98. The zero-order chi connectivity index (χ0) is 12.4. The minimum Gasteiger partial charge on any atom is -0.381 e. The number of ketones is 1. The number of hydrogen-bond acceptors (Lipinski definition) is 2. The van der Waals surface area contributed by atoms with E-state index in [1.807, 2.05) is 6.07 Å². The second-order valence-corrected chi connectivity index (χ2v) is 5.47. The summed E-state index contributed by atoms with van der Waals surface area (Å²) in [4.78, 5) is 12.4. The quantitative estimate of drug-likeness (QED) is 0.747. The maximum Gasteiger partial charge on any atom is 0.168 e. The smallest absolute Gasteiger partial charge is 0.168 e. The van der Waals surface area contributed by atoms with Crippen molar-refractivity contribution in [3.05, 3.63) is 34.9 Å². The molecule has 1 aliphatic carbocycles. The largest absolute Gasteiger partial charge is 0.381 e. The molecule has 2 heteroatoms. The molecule has 1 unspecified atom stereocenters. The molecule has 0 bridgehead atoms. The normalized spacial score (nSPS) is 23.4. The summed E-state index contributed by atoms with van der Waals surface area (Å²) in [7, 11) is 0. The number of fused-ring (bicyclic) bond motifs is 1. The van der Waals surface area contributed by atoms with Gasteiger partial charge in [-0.3, -0.25) is 4.79 Å². The Hall–Kier alpha value is -1.15. The van der Waals surface area contributed by atoms with Crippen molar-refractivity contribution in [1.29, 1.82) is 0 Å². The summed E-state index contributed by atoms with van der Waals surface area (Å²) in [6, 6.07) is 6.30. The summed E-state index contributed by atoms with van der Waals surface area (Å²) in [6.07, 6.45) is 6.86. The minimum absolute atomic E-state index is 0.0837. The fraction of sp³-hybridized carbons (Fsp3) is 0.562. The predicted molar refractivity (Wildman–Crippen MR) is 71.0 cm³/mol. The van der Waals surface area contributed by atoms with Gasteiger partial charge in [0.15, 0.2) is 5.78 Å². The number of rotatable bonds is 2. The van der Waals surface area contributed by atoms with E-state index in [0.29, 0.717) is 6.61 Å². The lowest BCUT2D eigenvalue weighted by atomic mass is 9.87. The standard InChI is InChI=1S/C16H20O2/c17-16(15-6-3-9-18-11-15)14-8-7-12-4-1-2-5-13(12)10-14/h7-8,10,15H,1-6,9,11H2. The van der Waals surface area contributed by atoms with E-state index >= 15 is 0 Å². The van der Waals surface area contributed by atoms with Crippen molar-refractivity contribution in [3.8, 4) is 0 Å². The molecular formula is C16H20O2. The maximum absolute atomic E-state index is 12.4. The SMILES string of the molecule is O=C(c1ccc2c(c1)CCCC2)C1CCCOC1. The first-order valence-electron chi connectivity index (χ1n) is 7.08. The molecule has 0 amide bonds. The van der Waals surface area contributed by atoms with Crippen LogP contribution in [0.2, 0.25) is 0 Å². The molecule has 1 heterocycles. The zero-order valence-electron chi connectivity index (χ0n) is 10.8. The van der Waals surface area contributed by atoms with E-state index in [2.05, 4.69) is 12.1 Å². The minimum atomic E-state index is 0.0837. The van der Waals surface area contributed by atoms with Crippen LogP contribution in [0, 0.1) is 5.92 Å². The van der Waals surface area contributed by atoms with Crippen molar-refractivity contribution >= 4 is 5.78 Å². The molecule has 2 nitrogen and oxygen atoms in total. The second-order valence-electron chi connectivity index (χ2n) is 5.47. The lowest BCUT2D eigenvalue weighted by molar-refractivity contribution is 0.0461. The lowest BCUT2D eigenvalue weighted by Crippen LogP contribution is -2.25. The molecule has 1 aliphatic heterocycles. The van der Waals surface area contributed by atoms with Crippen LogP contribution in [0.4, 0.5) is 0 Å². The van der Waals surface area contributed by atoms with Gasteiger partial charge >= 0.3 is 0 Å². The number of benzene rings is 1. The fourth-order valence-electron chi connectivity index (χ4n) is 3.07. The van der Waals surface area contributed by atoms with Crippen molar-refractivity contribution in [2.24, 2.45) is 5.92 Å². The highest BCUT2D eigenvalue weighted by Gasteiger charge is 2.23. The van der Waals surface area contributed by atoms with E-state index in [1.165, 1.54) is 30.4 Å². The van der Waals surface area contributed by atoms with Crippen LogP contribution in [0.5, 0.6) is 0 Å². The molecule has 0 saturated carbocycles. The first-order valence-corrected chi connectivity index (χ1v) is 7.08. The number of Topliss-reactive ketones (excluding diaryl/α,β-unsaturated/α-hetero) is 1. The highest BCUT2D eigenvalue weighted by Crippen LogP contribution is 2.25.